The van der Waals surface area contributed by atoms with Gasteiger partial charge < -0.3 is 9.71 Å². The molecule has 59 heavy (non-hydrogen) atoms. The van der Waals surface area contributed by atoms with Gasteiger partial charge in [-0.15, -0.1) is 11.3 Å². The molecule has 4 heteroatoms. The average molecular weight is 795 g/mol. The van der Waals surface area contributed by atoms with Crippen molar-refractivity contribution in [3.05, 3.63) is 106 Å². The first-order valence-corrected chi connectivity index (χ1v) is 23.5. The van der Waals surface area contributed by atoms with Crippen LogP contribution in [0.1, 0.15) is 155 Å². The zero-order valence-electron chi connectivity index (χ0n) is 38.1. The lowest BCUT2D eigenvalue weighted by Gasteiger charge is -2.53. The Kier molecular flexibility index (Phi) is 7.50. The summed E-state index contributed by atoms with van der Waals surface area (Å²) < 4.78 is 2.75. The molecule has 1 saturated carbocycles. The van der Waals surface area contributed by atoms with E-state index in [1.54, 1.807) is 5.56 Å². The third-order valence-corrected chi connectivity index (χ3v) is 17.8. The van der Waals surface area contributed by atoms with Crippen molar-refractivity contribution in [2.75, 3.05) is 9.71 Å². The van der Waals surface area contributed by atoms with Gasteiger partial charge in [0.2, 0.25) is 0 Å². The predicted octanol–water partition coefficient (Wildman–Crippen LogP) is 14.3. The number of benzene rings is 5. The minimum atomic E-state index is -0.0219. The lowest BCUT2D eigenvalue weighted by molar-refractivity contribution is 0.195. The van der Waals surface area contributed by atoms with Crippen LogP contribution >= 0.6 is 11.3 Å². The summed E-state index contributed by atoms with van der Waals surface area (Å²) in [5, 5.41) is 2.74. The van der Waals surface area contributed by atoms with Crippen molar-refractivity contribution in [2.45, 2.75) is 161 Å². The summed E-state index contributed by atoms with van der Waals surface area (Å²) in [6, 6.07) is 30.1. The van der Waals surface area contributed by atoms with Crippen molar-refractivity contribution in [3.8, 4) is 11.1 Å². The van der Waals surface area contributed by atoms with Gasteiger partial charge in [-0.2, -0.15) is 0 Å². The van der Waals surface area contributed by atoms with E-state index in [4.69, 9.17) is 0 Å². The summed E-state index contributed by atoms with van der Waals surface area (Å²) in [6.45, 7) is 32.2. The molecule has 0 N–H and O–H groups in total. The molecule has 6 aromatic rings. The van der Waals surface area contributed by atoms with E-state index in [0.29, 0.717) is 0 Å². The number of aryl methyl sites for hydroxylation is 1. The molecule has 0 amide bonds. The molecule has 2 aliphatic carbocycles. The monoisotopic (exact) mass is 794 g/mol. The summed E-state index contributed by atoms with van der Waals surface area (Å²) in [5.41, 5.74) is 20.7. The fourth-order valence-corrected chi connectivity index (χ4v) is 13.7. The molecule has 0 radical (unpaired) electrons. The molecule has 5 aromatic carbocycles. The molecular weight excluding hydrogens is 731 g/mol. The molecule has 2 nitrogen and oxygen atoms in total. The van der Waals surface area contributed by atoms with Crippen molar-refractivity contribution in [1.82, 2.24) is 0 Å². The third kappa shape index (κ3) is 4.93. The maximum atomic E-state index is 2.93. The van der Waals surface area contributed by atoms with Gasteiger partial charge in [-0.05, 0) is 141 Å². The quantitative estimate of drug-likeness (QED) is 0.153. The number of anilines is 4. The molecular formula is C55H63BN2S. The molecule has 302 valence electrons. The van der Waals surface area contributed by atoms with E-state index in [0.717, 1.165) is 0 Å². The smallest absolute Gasteiger partial charge is 0.333 e. The molecule has 4 heterocycles. The van der Waals surface area contributed by atoms with E-state index in [-0.39, 0.29) is 39.5 Å². The van der Waals surface area contributed by atoms with Gasteiger partial charge in [-0.1, -0.05) is 131 Å². The van der Waals surface area contributed by atoms with Crippen molar-refractivity contribution in [3.63, 3.8) is 0 Å². The first-order valence-electron chi connectivity index (χ1n) is 22.7. The Morgan fingerprint density at radius 1 is 0.593 bits per heavy atom. The van der Waals surface area contributed by atoms with Crippen molar-refractivity contribution < 1.29 is 0 Å². The molecule has 1 fully saturated rings. The van der Waals surface area contributed by atoms with E-state index < -0.39 is 0 Å². The largest absolute Gasteiger partial charge is 0.376 e. The van der Waals surface area contributed by atoms with Crippen LogP contribution in [-0.2, 0) is 27.1 Å². The molecule has 0 saturated heterocycles. The Morgan fingerprint density at radius 2 is 1.25 bits per heavy atom. The van der Waals surface area contributed by atoms with Crippen LogP contribution < -0.4 is 20.6 Å². The fourth-order valence-electron chi connectivity index (χ4n) is 12.6. The van der Waals surface area contributed by atoms with E-state index >= 15 is 0 Å². The van der Waals surface area contributed by atoms with Crippen molar-refractivity contribution in [1.29, 1.82) is 0 Å². The van der Waals surface area contributed by atoms with Gasteiger partial charge in [0.05, 0.1) is 5.54 Å². The SMILES string of the molecule is Cc1cc2c(cc1N1B3c4cc(C(C)(C)C)cc5c4N(c4cc(C(C)(C)C)cc(c43)-c3cc4sc6ccccc6c4cc31)C1(C)CCCCC51C)C(C)(C)CCC2(C)C. The summed E-state index contributed by atoms with van der Waals surface area (Å²) in [6.07, 6.45) is 7.43. The normalized spacial score (nSPS) is 23.6. The summed E-state index contributed by atoms with van der Waals surface area (Å²) in [7, 11) is 0. The van der Waals surface area contributed by atoms with Gasteiger partial charge in [0, 0.05) is 53.9 Å². The molecule has 3 aliphatic heterocycles. The number of hydrogen-bond donors (Lipinski definition) is 0. The molecule has 1 aromatic heterocycles. The first kappa shape index (κ1) is 37.9. The Labute approximate surface area is 358 Å². The summed E-state index contributed by atoms with van der Waals surface area (Å²) >= 11 is 1.95. The van der Waals surface area contributed by atoms with Gasteiger partial charge in [-0.25, -0.2) is 0 Å². The Hall–Kier alpha value is -4.02. The molecule has 5 aliphatic rings. The molecule has 11 rings (SSSR count). The number of rotatable bonds is 1. The highest BCUT2D eigenvalue weighted by Crippen LogP contribution is 2.63. The second-order valence-electron chi connectivity index (χ2n) is 23.3. The Balaban J connectivity index is 1.33. The van der Waals surface area contributed by atoms with Crippen LogP contribution in [0.2, 0.25) is 0 Å². The summed E-state index contributed by atoms with van der Waals surface area (Å²) in [5.74, 6) is 0. The predicted molar refractivity (Wildman–Crippen MR) is 259 cm³/mol. The van der Waals surface area contributed by atoms with Crippen LogP contribution in [0, 0.1) is 6.92 Å². The lowest BCUT2D eigenvalue weighted by atomic mass is 9.42. The van der Waals surface area contributed by atoms with Gasteiger partial charge in [0.25, 0.3) is 0 Å². The second kappa shape index (κ2) is 11.7. The van der Waals surface area contributed by atoms with E-state index in [9.17, 15) is 0 Å². The average Bonchev–Trinajstić information content (AvgIpc) is 3.63. The number of thiophene rings is 1. The van der Waals surface area contributed by atoms with Crippen LogP contribution in [0.25, 0.3) is 31.3 Å². The van der Waals surface area contributed by atoms with Crippen LogP contribution in [0.5, 0.6) is 0 Å². The number of fused-ring (bicyclic) bond motifs is 11. The van der Waals surface area contributed by atoms with Gasteiger partial charge in [0.15, 0.2) is 0 Å². The van der Waals surface area contributed by atoms with Crippen LogP contribution in [0.4, 0.5) is 22.7 Å². The number of hydrogen-bond acceptors (Lipinski definition) is 3. The van der Waals surface area contributed by atoms with Gasteiger partial charge in [0.1, 0.15) is 0 Å². The zero-order valence-corrected chi connectivity index (χ0v) is 38.9. The fraction of sp³-hybridized carbons (Fsp3) is 0.455. The van der Waals surface area contributed by atoms with Crippen LogP contribution in [0.15, 0.2) is 72.8 Å². The minimum absolute atomic E-state index is 0.0100. The Morgan fingerprint density at radius 3 is 1.97 bits per heavy atom. The topological polar surface area (TPSA) is 6.48 Å². The molecule has 2 atom stereocenters. The van der Waals surface area contributed by atoms with E-state index in [1.807, 2.05) is 11.3 Å². The molecule has 2 unspecified atom stereocenters. The van der Waals surface area contributed by atoms with Gasteiger partial charge >= 0.3 is 6.85 Å². The first-order chi connectivity index (χ1) is 27.6. The highest BCUT2D eigenvalue weighted by atomic mass is 32.1. The molecule has 0 bridgehead atoms. The van der Waals surface area contributed by atoms with E-state index in [2.05, 4.69) is 173 Å². The lowest BCUT2D eigenvalue weighted by Crippen LogP contribution is -2.65. The maximum absolute atomic E-state index is 2.93. The van der Waals surface area contributed by atoms with Gasteiger partial charge in [-0.3, -0.25) is 0 Å². The minimum Gasteiger partial charge on any atom is -0.376 e. The Bertz CT molecular complexity index is 2820. The van der Waals surface area contributed by atoms with E-state index in [1.165, 1.54) is 131 Å². The highest BCUT2D eigenvalue weighted by Gasteiger charge is 2.62. The number of nitrogens with zero attached hydrogens (tertiary/aromatic N) is 2. The molecule has 0 spiro atoms. The van der Waals surface area contributed by atoms with Crippen LogP contribution in [-0.4, -0.2) is 12.4 Å². The van der Waals surface area contributed by atoms with Crippen molar-refractivity contribution >= 4 is 72.0 Å². The highest BCUT2D eigenvalue weighted by molar-refractivity contribution is 7.25. The maximum Gasteiger partial charge on any atom is 0.333 e. The van der Waals surface area contributed by atoms with Crippen molar-refractivity contribution in [2.24, 2.45) is 0 Å². The second-order valence-corrected chi connectivity index (χ2v) is 24.3. The summed E-state index contributed by atoms with van der Waals surface area (Å²) in [4.78, 5) is 5.80. The zero-order chi connectivity index (χ0) is 41.6. The van der Waals surface area contributed by atoms with Crippen LogP contribution in [0.3, 0.4) is 0 Å². The standard InChI is InChI=1S/C55H63BN2S/c1-32-24-39-40(53(10,11)23-22-52(39,8)9)31-43(32)58-44-29-37-35-18-14-15-19-46(35)59-47(37)30-36(44)38-25-33(50(2,3)4)28-45-48(38)56(58)42-27-34(51(5,6)7)26-41-49(42)57(45)55(13)21-17-16-20-54(41,55)12/h14-15,18-19,24-31H,16-17,20-23H2,1-13H3. The third-order valence-electron chi connectivity index (χ3n) is 16.7.